The van der Waals surface area contributed by atoms with E-state index in [0.717, 1.165) is 18.1 Å². The Morgan fingerprint density at radius 2 is 1.33 bits per heavy atom. The highest BCUT2D eigenvalue weighted by atomic mass is 19.1. The zero-order valence-electron chi connectivity index (χ0n) is 13.5. The Hall–Kier alpha value is -2.50. The Bertz CT molecular complexity index is 664. The predicted molar refractivity (Wildman–Crippen MR) is 89.5 cm³/mol. The number of hydrogen-bond donors (Lipinski definition) is 2. The molecule has 0 amide bonds. The van der Waals surface area contributed by atoms with Crippen LogP contribution in [-0.2, 0) is 12.8 Å². The van der Waals surface area contributed by atoms with E-state index in [0.29, 0.717) is 31.0 Å². The molecule has 2 aromatic rings. The van der Waals surface area contributed by atoms with Gasteiger partial charge in [0, 0.05) is 26.2 Å². The van der Waals surface area contributed by atoms with Crippen molar-refractivity contribution < 1.29 is 13.2 Å². The molecule has 128 valence electrons. The summed E-state index contributed by atoms with van der Waals surface area (Å²) < 4.78 is 39.1. The van der Waals surface area contributed by atoms with Gasteiger partial charge in [0.1, 0.15) is 17.5 Å². The van der Waals surface area contributed by atoms with Crippen molar-refractivity contribution in [3.05, 3.63) is 71.0 Å². The van der Waals surface area contributed by atoms with Crippen molar-refractivity contribution in [3.8, 4) is 0 Å². The zero-order chi connectivity index (χ0) is 17.4. The second-order valence-corrected chi connectivity index (χ2v) is 5.33. The second kappa shape index (κ2) is 8.96. The first-order chi connectivity index (χ1) is 11.6. The summed E-state index contributed by atoms with van der Waals surface area (Å²) in [6.45, 7) is 1.14. The van der Waals surface area contributed by atoms with Gasteiger partial charge in [0.05, 0.1) is 0 Å². The van der Waals surface area contributed by atoms with Crippen LogP contribution in [0.1, 0.15) is 11.1 Å². The fraction of sp³-hybridized carbons (Fsp3) is 0.278. The van der Waals surface area contributed by atoms with E-state index in [9.17, 15) is 13.2 Å². The topological polar surface area (TPSA) is 36.4 Å². The standard InChI is InChI=1S/C18H20F3N3/c1-22-18(23-8-6-13-2-4-15(19)5-3-13)24-9-7-14-10-16(20)12-17(21)11-14/h2-5,10-12H,6-9H2,1H3,(H2,22,23,24). The lowest BCUT2D eigenvalue weighted by Gasteiger charge is -2.12. The van der Waals surface area contributed by atoms with E-state index in [1.54, 1.807) is 19.2 Å². The third kappa shape index (κ3) is 5.95. The first-order valence-corrected chi connectivity index (χ1v) is 7.71. The van der Waals surface area contributed by atoms with Gasteiger partial charge in [0.2, 0.25) is 0 Å². The van der Waals surface area contributed by atoms with Crippen molar-refractivity contribution in [3.63, 3.8) is 0 Å². The Kier molecular flexibility index (Phi) is 6.66. The minimum absolute atomic E-state index is 0.252. The second-order valence-electron chi connectivity index (χ2n) is 5.33. The number of hydrogen-bond acceptors (Lipinski definition) is 1. The molecule has 0 aliphatic heterocycles. The summed E-state index contributed by atoms with van der Waals surface area (Å²) in [4.78, 5) is 4.09. The molecule has 0 unspecified atom stereocenters. The molecule has 2 N–H and O–H groups in total. The number of aliphatic imine (C=N–C) groups is 1. The molecule has 0 radical (unpaired) electrons. The van der Waals surface area contributed by atoms with E-state index in [2.05, 4.69) is 15.6 Å². The molecular formula is C18H20F3N3. The molecule has 0 atom stereocenters. The molecule has 0 fully saturated rings. The number of rotatable bonds is 6. The summed E-state index contributed by atoms with van der Waals surface area (Å²) in [5.74, 6) is -0.800. The monoisotopic (exact) mass is 335 g/mol. The van der Waals surface area contributed by atoms with Gasteiger partial charge in [-0.1, -0.05) is 12.1 Å². The molecule has 24 heavy (non-hydrogen) atoms. The summed E-state index contributed by atoms with van der Waals surface area (Å²) in [7, 11) is 1.65. The smallest absolute Gasteiger partial charge is 0.190 e. The lowest BCUT2D eigenvalue weighted by Crippen LogP contribution is -2.39. The van der Waals surface area contributed by atoms with Gasteiger partial charge >= 0.3 is 0 Å². The minimum atomic E-state index is -0.577. The van der Waals surface area contributed by atoms with E-state index in [1.165, 1.54) is 24.3 Å². The molecule has 0 aromatic heterocycles. The molecule has 2 rings (SSSR count). The lowest BCUT2D eigenvalue weighted by atomic mass is 10.1. The maximum Gasteiger partial charge on any atom is 0.190 e. The van der Waals surface area contributed by atoms with Crippen molar-refractivity contribution in [1.82, 2.24) is 10.6 Å². The number of guanidine groups is 1. The molecule has 3 nitrogen and oxygen atoms in total. The predicted octanol–water partition coefficient (Wildman–Crippen LogP) is 3.05. The van der Waals surface area contributed by atoms with Gasteiger partial charge in [0.25, 0.3) is 0 Å². The summed E-state index contributed by atoms with van der Waals surface area (Å²) in [6.07, 6.45) is 1.21. The molecular weight excluding hydrogens is 315 g/mol. The largest absolute Gasteiger partial charge is 0.356 e. The third-order valence-corrected chi connectivity index (χ3v) is 3.47. The van der Waals surface area contributed by atoms with Crippen molar-refractivity contribution in [1.29, 1.82) is 0 Å². The summed E-state index contributed by atoms with van der Waals surface area (Å²) in [5.41, 5.74) is 1.61. The summed E-state index contributed by atoms with van der Waals surface area (Å²) >= 11 is 0. The molecule has 0 saturated heterocycles. The van der Waals surface area contributed by atoms with Crippen LogP contribution in [0.4, 0.5) is 13.2 Å². The van der Waals surface area contributed by atoms with Crippen molar-refractivity contribution in [2.75, 3.05) is 20.1 Å². The van der Waals surface area contributed by atoms with Gasteiger partial charge in [-0.15, -0.1) is 0 Å². The highest BCUT2D eigenvalue weighted by Gasteiger charge is 2.02. The van der Waals surface area contributed by atoms with Crippen LogP contribution >= 0.6 is 0 Å². The molecule has 0 bridgehead atoms. The lowest BCUT2D eigenvalue weighted by molar-refractivity contribution is 0.579. The van der Waals surface area contributed by atoms with Crippen LogP contribution in [0.25, 0.3) is 0 Å². The van der Waals surface area contributed by atoms with Crippen LogP contribution in [0.2, 0.25) is 0 Å². The quantitative estimate of drug-likeness (QED) is 0.629. The number of benzene rings is 2. The fourth-order valence-corrected chi connectivity index (χ4v) is 2.28. The molecule has 0 heterocycles. The SMILES string of the molecule is CN=C(NCCc1ccc(F)cc1)NCCc1cc(F)cc(F)c1. The fourth-order valence-electron chi connectivity index (χ4n) is 2.28. The Balaban J connectivity index is 1.73. The molecule has 2 aromatic carbocycles. The van der Waals surface area contributed by atoms with E-state index in [4.69, 9.17) is 0 Å². The molecule has 6 heteroatoms. The highest BCUT2D eigenvalue weighted by molar-refractivity contribution is 5.79. The van der Waals surface area contributed by atoms with E-state index < -0.39 is 11.6 Å². The number of nitrogens with zero attached hydrogens (tertiary/aromatic N) is 1. The average Bonchev–Trinajstić information content (AvgIpc) is 2.54. The van der Waals surface area contributed by atoms with Gasteiger partial charge in [-0.05, 0) is 48.2 Å². The first kappa shape index (κ1) is 17.8. The third-order valence-electron chi connectivity index (χ3n) is 3.47. The van der Waals surface area contributed by atoms with E-state index in [1.807, 2.05) is 0 Å². The van der Waals surface area contributed by atoms with E-state index >= 15 is 0 Å². The Morgan fingerprint density at radius 1 is 0.792 bits per heavy atom. The van der Waals surface area contributed by atoms with Crippen LogP contribution < -0.4 is 10.6 Å². The van der Waals surface area contributed by atoms with E-state index in [-0.39, 0.29) is 5.82 Å². The summed E-state index contributed by atoms with van der Waals surface area (Å²) in [5, 5.41) is 6.22. The Labute approximate surface area is 139 Å². The first-order valence-electron chi connectivity index (χ1n) is 7.71. The van der Waals surface area contributed by atoms with Gasteiger partial charge in [-0.3, -0.25) is 4.99 Å². The van der Waals surface area contributed by atoms with Crippen molar-refractivity contribution in [2.45, 2.75) is 12.8 Å². The van der Waals surface area contributed by atoms with Gasteiger partial charge in [0.15, 0.2) is 5.96 Å². The normalized spacial score (nSPS) is 11.4. The minimum Gasteiger partial charge on any atom is -0.356 e. The molecule has 0 spiro atoms. The molecule has 0 aliphatic carbocycles. The summed E-state index contributed by atoms with van der Waals surface area (Å²) in [6, 6.07) is 9.83. The number of nitrogens with one attached hydrogen (secondary N) is 2. The average molecular weight is 335 g/mol. The molecule has 0 aliphatic rings. The Morgan fingerprint density at radius 3 is 1.88 bits per heavy atom. The van der Waals surface area contributed by atoms with Gasteiger partial charge in [-0.25, -0.2) is 13.2 Å². The zero-order valence-corrected chi connectivity index (χ0v) is 13.5. The van der Waals surface area contributed by atoms with Crippen LogP contribution in [0.5, 0.6) is 0 Å². The maximum atomic E-state index is 13.1. The van der Waals surface area contributed by atoms with Gasteiger partial charge in [-0.2, -0.15) is 0 Å². The van der Waals surface area contributed by atoms with Crippen molar-refractivity contribution >= 4 is 5.96 Å². The van der Waals surface area contributed by atoms with Crippen LogP contribution in [-0.4, -0.2) is 26.1 Å². The maximum absolute atomic E-state index is 13.1. The number of halogens is 3. The highest BCUT2D eigenvalue weighted by Crippen LogP contribution is 2.08. The molecule has 0 saturated carbocycles. The van der Waals surface area contributed by atoms with Gasteiger partial charge < -0.3 is 10.6 Å². The van der Waals surface area contributed by atoms with Crippen LogP contribution in [0, 0.1) is 17.5 Å². The van der Waals surface area contributed by atoms with Crippen LogP contribution in [0.15, 0.2) is 47.5 Å². The van der Waals surface area contributed by atoms with Crippen LogP contribution in [0.3, 0.4) is 0 Å². The van der Waals surface area contributed by atoms with Crippen molar-refractivity contribution in [2.24, 2.45) is 4.99 Å².